The van der Waals surface area contributed by atoms with Gasteiger partial charge in [-0.25, -0.2) is 4.79 Å². The molecule has 1 heterocycles. The lowest BCUT2D eigenvalue weighted by atomic mass is 9.73. The lowest BCUT2D eigenvalue weighted by Crippen LogP contribution is -2.41. The molecule has 5 heteroatoms. The van der Waals surface area contributed by atoms with Crippen molar-refractivity contribution in [2.45, 2.75) is 45.8 Å². The minimum atomic E-state index is -0.611. The molecule has 0 unspecified atom stereocenters. The van der Waals surface area contributed by atoms with Gasteiger partial charge in [0.1, 0.15) is 0 Å². The van der Waals surface area contributed by atoms with Crippen molar-refractivity contribution >= 4 is 29.3 Å². The van der Waals surface area contributed by atoms with Gasteiger partial charge in [-0.3, -0.25) is 0 Å². The van der Waals surface area contributed by atoms with E-state index in [1.807, 2.05) is 58.0 Å². The number of carbonyl (C=O) groups excluding carboxylic acids is 1. The predicted molar refractivity (Wildman–Crippen MR) is 95.6 cm³/mol. The Morgan fingerprint density at radius 3 is 2.29 bits per heavy atom. The third kappa shape index (κ3) is 2.72. The third-order valence-electron chi connectivity index (χ3n) is 4.95. The lowest BCUT2D eigenvalue weighted by Gasteiger charge is -2.32. The highest BCUT2D eigenvalue weighted by atomic mass is 16.7. The average Bonchev–Trinajstić information content (AvgIpc) is 2.74. The zero-order valence-electron chi connectivity index (χ0n) is 14.9. The summed E-state index contributed by atoms with van der Waals surface area (Å²) in [4.78, 5) is 12.5. The van der Waals surface area contributed by atoms with Crippen LogP contribution in [0.5, 0.6) is 0 Å². The summed E-state index contributed by atoms with van der Waals surface area (Å²) in [5, 5.41) is 1.98. The minimum Gasteiger partial charge on any atom is -0.462 e. The molecular formula is C19H23BO4. The molecule has 1 aliphatic heterocycles. The van der Waals surface area contributed by atoms with Crippen molar-refractivity contribution in [1.82, 2.24) is 0 Å². The Morgan fingerprint density at radius 1 is 1.04 bits per heavy atom. The van der Waals surface area contributed by atoms with Crippen LogP contribution in [0.4, 0.5) is 0 Å². The van der Waals surface area contributed by atoms with Gasteiger partial charge in [-0.1, -0.05) is 30.3 Å². The van der Waals surface area contributed by atoms with E-state index in [1.165, 1.54) is 0 Å². The fourth-order valence-electron chi connectivity index (χ4n) is 2.90. The van der Waals surface area contributed by atoms with Gasteiger partial charge in [-0.15, -0.1) is 0 Å². The number of hydrogen-bond donors (Lipinski definition) is 0. The zero-order valence-corrected chi connectivity index (χ0v) is 14.9. The molecule has 0 amide bonds. The standard InChI is InChI=1S/C19H23BO4/c1-6-22-17(21)15-12-11-13-9-7-8-10-14(13)16(15)20-23-18(2,3)19(4,5)24-20/h7-12H,6H2,1-5H3. The van der Waals surface area contributed by atoms with Crippen LogP contribution >= 0.6 is 0 Å². The first-order valence-electron chi connectivity index (χ1n) is 8.31. The molecule has 24 heavy (non-hydrogen) atoms. The highest BCUT2D eigenvalue weighted by Crippen LogP contribution is 2.37. The monoisotopic (exact) mass is 326 g/mol. The summed E-state index contributed by atoms with van der Waals surface area (Å²) in [5.74, 6) is -0.354. The minimum absolute atomic E-state index is 0.328. The number of hydrogen-bond acceptors (Lipinski definition) is 4. The Hall–Kier alpha value is -1.85. The first-order valence-corrected chi connectivity index (χ1v) is 8.31. The van der Waals surface area contributed by atoms with Crippen LogP contribution in [-0.2, 0) is 14.0 Å². The highest BCUT2D eigenvalue weighted by Gasteiger charge is 2.53. The van der Waals surface area contributed by atoms with Gasteiger partial charge in [0.05, 0.1) is 23.4 Å². The van der Waals surface area contributed by atoms with Gasteiger partial charge >= 0.3 is 13.1 Å². The number of benzene rings is 2. The van der Waals surface area contributed by atoms with Crippen LogP contribution in [0.2, 0.25) is 0 Å². The van der Waals surface area contributed by atoms with Gasteiger partial charge in [-0.05, 0) is 51.5 Å². The first-order chi connectivity index (χ1) is 11.3. The van der Waals surface area contributed by atoms with Gasteiger partial charge in [0.15, 0.2) is 0 Å². The maximum Gasteiger partial charge on any atom is 0.496 e. The fourth-order valence-corrected chi connectivity index (χ4v) is 2.90. The smallest absolute Gasteiger partial charge is 0.462 e. The maximum atomic E-state index is 12.5. The summed E-state index contributed by atoms with van der Waals surface area (Å²) in [7, 11) is -0.611. The molecule has 4 nitrogen and oxygen atoms in total. The molecule has 0 radical (unpaired) electrons. The molecular weight excluding hydrogens is 303 g/mol. The van der Waals surface area contributed by atoms with E-state index < -0.39 is 18.3 Å². The summed E-state index contributed by atoms with van der Waals surface area (Å²) in [6, 6.07) is 11.6. The topological polar surface area (TPSA) is 44.8 Å². The third-order valence-corrected chi connectivity index (χ3v) is 4.95. The zero-order chi connectivity index (χ0) is 17.5. The summed E-state index contributed by atoms with van der Waals surface area (Å²) in [6.45, 7) is 10.1. The number of fused-ring (bicyclic) bond motifs is 1. The van der Waals surface area contributed by atoms with Crippen molar-refractivity contribution < 1.29 is 18.8 Å². The second kappa shape index (κ2) is 5.90. The van der Waals surface area contributed by atoms with Crippen LogP contribution in [0.25, 0.3) is 10.8 Å². The van der Waals surface area contributed by atoms with Gasteiger partial charge in [-0.2, -0.15) is 0 Å². The predicted octanol–water partition coefficient (Wildman–Crippen LogP) is 3.32. The van der Waals surface area contributed by atoms with Crippen molar-refractivity contribution in [1.29, 1.82) is 0 Å². The lowest BCUT2D eigenvalue weighted by molar-refractivity contribution is 0.00578. The summed E-state index contributed by atoms with van der Waals surface area (Å²) >= 11 is 0. The van der Waals surface area contributed by atoms with Crippen molar-refractivity contribution in [3.8, 4) is 0 Å². The molecule has 1 aliphatic rings. The van der Waals surface area contributed by atoms with Crippen molar-refractivity contribution in [3.63, 3.8) is 0 Å². The van der Waals surface area contributed by atoms with Crippen molar-refractivity contribution in [3.05, 3.63) is 42.0 Å². The summed E-state index contributed by atoms with van der Waals surface area (Å²) in [5.41, 5.74) is 0.292. The molecule has 2 aromatic carbocycles. The molecule has 0 aliphatic carbocycles. The van der Waals surface area contributed by atoms with Gasteiger partial charge < -0.3 is 14.0 Å². The van der Waals surface area contributed by atoms with Crippen molar-refractivity contribution in [2.75, 3.05) is 6.61 Å². The van der Waals surface area contributed by atoms with Crippen LogP contribution in [0.1, 0.15) is 45.0 Å². The molecule has 1 fully saturated rings. The van der Waals surface area contributed by atoms with Crippen LogP contribution in [-0.4, -0.2) is 30.9 Å². The number of esters is 1. The molecule has 3 rings (SSSR count). The largest absolute Gasteiger partial charge is 0.496 e. The van der Waals surface area contributed by atoms with E-state index in [0.29, 0.717) is 12.2 Å². The Kier molecular flexibility index (Phi) is 4.18. The van der Waals surface area contributed by atoms with Crippen LogP contribution in [0.15, 0.2) is 36.4 Å². The molecule has 126 valence electrons. The fraction of sp³-hybridized carbons (Fsp3) is 0.421. The molecule has 0 spiro atoms. The molecule has 0 bridgehead atoms. The normalized spacial score (nSPS) is 18.8. The molecule has 2 aromatic rings. The first kappa shape index (κ1) is 17.0. The van der Waals surface area contributed by atoms with Crippen LogP contribution in [0, 0.1) is 0 Å². The Labute approximate surface area is 143 Å². The highest BCUT2D eigenvalue weighted by molar-refractivity contribution is 6.66. The van der Waals surface area contributed by atoms with Crippen molar-refractivity contribution in [2.24, 2.45) is 0 Å². The van der Waals surface area contributed by atoms with Gasteiger partial charge in [0, 0.05) is 5.46 Å². The van der Waals surface area contributed by atoms with E-state index in [1.54, 1.807) is 13.0 Å². The second-order valence-corrected chi connectivity index (χ2v) is 7.06. The van der Waals surface area contributed by atoms with Crippen LogP contribution < -0.4 is 5.46 Å². The maximum absolute atomic E-state index is 12.5. The quantitative estimate of drug-likeness (QED) is 0.641. The number of carbonyl (C=O) groups is 1. The van der Waals surface area contributed by atoms with Gasteiger partial charge in [0.25, 0.3) is 0 Å². The van der Waals surface area contributed by atoms with E-state index in [2.05, 4.69) is 0 Å². The number of rotatable bonds is 3. The SMILES string of the molecule is CCOC(=O)c1ccc2ccccc2c1B1OC(C)(C)C(C)(C)O1. The van der Waals surface area contributed by atoms with E-state index >= 15 is 0 Å². The Bertz CT molecular complexity index is 766. The number of ether oxygens (including phenoxy) is 1. The summed E-state index contributed by atoms with van der Waals surface area (Å²) < 4.78 is 17.6. The average molecular weight is 326 g/mol. The van der Waals surface area contributed by atoms with E-state index in [-0.39, 0.29) is 5.97 Å². The van der Waals surface area contributed by atoms with E-state index in [0.717, 1.165) is 16.2 Å². The molecule has 0 atom stereocenters. The molecule has 0 saturated carbocycles. The molecule has 0 aromatic heterocycles. The Balaban J connectivity index is 2.18. The summed E-state index contributed by atoms with van der Waals surface area (Å²) in [6.07, 6.45) is 0. The van der Waals surface area contributed by atoms with E-state index in [9.17, 15) is 4.79 Å². The molecule has 0 N–H and O–H groups in total. The Morgan fingerprint density at radius 2 is 1.67 bits per heavy atom. The van der Waals surface area contributed by atoms with Gasteiger partial charge in [0.2, 0.25) is 0 Å². The second-order valence-electron chi connectivity index (χ2n) is 7.06. The van der Waals surface area contributed by atoms with E-state index in [4.69, 9.17) is 14.0 Å². The van der Waals surface area contributed by atoms with Crippen LogP contribution in [0.3, 0.4) is 0 Å². The molecule has 1 saturated heterocycles.